The average Bonchev–Trinajstić information content (AvgIpc) is 2.89. The molecule has 0 fully saturated rings. The second kappa shape index (κ2) is 7.30. The Labute approximate surface area is 139 Å². The summed E-state index contributed by atoms with van der Waals surface area (Å²) in [4.78, 5) is 11.2. The smallest absolute Gasteiger partial charge is 0.239 e. The number of amides is 1. The largest absolute Gasteiger partial charge is 0.453 e. The SMILES string of the molecule is CCc1nn(CC(N)=O)c(CC)c1Oc1cc(C#N)cc(C#N)c1. The third kappa shape index (κ3) is 3.53. The summed E-state index contributed by atoms with van der Waals surface area (Å²) in [6.07, 6.45) is 1.20. The van der Waals surface area contributed by atoms with Crippen LogP contribution in [0, 0.1) is 22.7 Å². The van der Waals surface area contributed by atoms with Crippen molar-refractivity contribution in [1.82, 2.24) is 9.78 Å². The van der Waals surface area contributed by atoms with Gasteiger partial charge in [-0.3, -0.25) is 9.48 Å². The van der Waals surface area contributed by atoms with E-state index in [1.54, 1.807) is 12.1 Å². The highest BCUT2D eigenvalue weighted by Crippen LogP contribution is 2.31. The standard InChI is InChI=1S/C17H17N5O2/c1-3-14-17(15(4-2)22(21-14)10-16(20)23)24-13-6-11(8-18)5-12(7-13)9-19/h5-7H,3-4,10H2,1-2H3,(H2,20,23). The molecule has 2 N–H and O–H groups in total. The predicted molar refractivity (Wildman–Crippen MR) is 86.1 cm³/mol. The summed E-state index contributed by atoms with van der Waals surface area (Å²) in [5.41, 5.74) is 7.37. The molecule has 7 heteroatoms. The van der Waals surface area contributed by atoms with Gasteiger partial charge in [0, 0.05) is 0 Å². The molecule has 0 aliphatic carbocycles. The number of ether oxygens (including phenoxy) is 1. The first-order valence-electron chi connectivity index (χ1n) is 7.52. The Bertz CT molecular complexity index is 823. The predicted octanol–water partition coefficient (Wildman–Crippen LogP) is 2.03. The van der Waals surface area contributed by atoms with Gasteiger partial charge in [0.25, 0.3) is 0 Å². The lowest BCUT2D eigenvalue weighted by Gasteiger charge is -2.09. The highest BCUT2D eigenvalue weighted by Gasteiger charge is 2.19. The Morgan fingerprint density at radius 2 is 1.83 bits per heavy atom. The first kappa shape index (κ1) is 17.0. The first-order chi connectivity index (χ1) is 11.5. The van der Waals surface area contributed by atoms with Gasteiger partial charge in [-0.1, -0.05) is 13.8 Å². The van der Waals surface area contributed by atoms with Gasteiger partial charge in [-0.2, -0.15) is 15.6 Å². The van der Waals surface area contributed by atoms with Gasteiger partial charge in [0.1, 0.15) is 18.0 Å². The van der Waals surface area contributed by atoms with E-state index < -0.39 is 5.91 Å². The number of nitriles is 2. The zero-order valence-electron chi connectivity index (χ0n) is 13.5. The van der Waals surface area contributed by atoms with Crippen LogP contribution >= 0.6 is 0 Å². The molecule has 0 saturated carbocycles. The molecule has 24 heavy (non-hydrogen) atoms. The van der Waals surface area contributed by atoms with Crippen molar-refractivity contribution < 1.29 is 9.53 Å². The van der Waals surface area contributed by atoms with E-state index in [2.05, 4.69) is 5.10 Å². The van der Waals surface area contributed by atoms with Crippen molar-refractivity contribution >= 4 is 5.91 Å². The van der Waals surface area contributed by atoms with Crippen molar-refractivity contribution in [3.63, 3.8) is 0 Å². The molecule has 2 aromatic rings. The molecule has 2 rings (SSSR count). The van der Waals surface area contributed by atoms with Gasteiger partial charge >= 0.3 is 0 Å². The summed E-state index contributed by atoms with van der Waals surface area (Å²) in [5.74, 6) is 0.438. The molecule has 0 radical (unpaired) electrons. The second-order valence-electron chi connectivity index (χ2n) is 5.13. The lowest BCUT2D eigenvalue weighted by molar-refractivity contribution is -0.118. The molecule has 1 aromatic heterocycles. The van der Waals surface area contributed by atoms with Crippen LogP contribution in [0.2, 0.25) is 0 Å². The van der Waals surface area contributed by atoms with Crippen LogP contribution in [0.1, 0.15) is 36.4 Å². The lowest BCUT2D eigenvalue weighted by atomic mass is 10.1. The van der Waals surface area contributed by atoms with Crippen molar-refractivity contribution in [2.24, 2.45) is 5.73 Å². The van der Waals surface area contributed by atoms with E-state index in [-0.39, 0.29) is 6.54 Å². The van der Waals surface area contributed by atoms with E-state index in [9.17, 15) is 4.79 Å². The summed E-state index contributed by atoms with van der Waals surface area (Å²) in [5, 5.41) is 22.5. The Morgan fingerprint density at radius 3 is 2.29 bits per heavy atom. The van der Waals surface area contributed by atoms with E-state index in [1.807, 2.05) is 26.0 Å². The zero-order chi connectivity index (χ0) is 17.7. The number of rotatable bonds is 6. The fourth-order valence-corrected chi connectivity index (χ4v) is 2.41. The monoisotopic (exact) mass is 323 g/mol. The molecular formula is C17H17N5O2. The van der Waals surface area contributed by atoms with E-state index >= 15 is 0 Å². The zero-order valence-corrected chi connectivity index (χ0v) is 13.5. The number of nitrogens with two attached hydrogens (primary N) is 1. The molecule has 1 heterocycles. The molecule has 1 aromatic carbocycles. The number of aryl methyl sites for hydroxylation is 1. The van der Waals surface area contributed by atoms with Crippen LogP contribution in [0.5, 0.6) is 11.5 Å². The van der Waals surface area contributed by atoms with Crippen molar-refractivity contribution in [3.05, 3.63) is 40.7 Å². The van der Waals surface area contributed by atoms with Crippen molar-refractivity contribution in [3.8, 4) is 23.6 Å². The topological polar surface area (TPSA) is 118 Å². The summed E-state index contributed by atoms with van der Waals surface area (Å²) in [6.45, 7) is 3.82. The van der Waals surface area contributed by atoms with Crippen LogP contribution in [-0.2, 0) is 24.2 Å². The molecule has 7 nitrogen and oxygen atoms in total. The van der Waals surface area contributed by atoms with E-state index in [0.29, 0.717) is 41.2 Å². The van der Waals surface area contributed by atoms with Gasteiger partial charge < -0.3 is 10.5 Å². The molecule has 122 valence electrons. The van der Waals surface area contributed by atoms with Crippen molar-refractivity contribution in [2.45, 2.75) is 33.2 Å². The van der Waals surface area contributed by atoms with Gasteiger partial charge in [-0.25, -0.2) is 0 Å². The molecule has 0 saturated heterocycles. The molecule has 0 unspecified atom stereocenters. The van der Waals surface area contributed by atoms with E-state index in [1.165, 1.54) is 10.7 Å². The quantitative estimate of drug-likeness (QED) is 0.872. The van der Waals surface area contributed by atoms with Crippen molar-refractivity contribution in [2.75, 3.05) is 0 Å². The van der Waals surface area contributed by atoms with Crippen LogP contribution in [0.15, 0.2) is 18.2 Å². The van der Waals surface area contributed by atoms with E-state index in [4.69, 9.17) is 21.0 Å². The number of carbonyl (C=O) groups excluding carboxylic acids is 1. The molecule has 1 amide bonds. The van der Waals surface area contributed by atoms with E-state index in [0.717, 1.165) is 5.69 Å². The van der Waals surface area contributed by atoms with Crippen LogP contribution in [-0.4, -0.2) is 15.7 Å². The minimum Gasteiger partial charge on any atom is -0.453 e. The number of hydrogen-bond acceptors (Lipinski definition) is 5. The molecule has 0 spiro atoms. The number of carbonyl (C=O) groups is 1. The number of primary amides is 1. The molecule has 0 bridgehead atoms. The molecular weight excluding hydrogens is 306 g/mol. The van der Waals surface area contributed by atoms with Crippen LogP contribution in [0.25, 0.3) is 0 Å². The number of benzene rings is 1. The Hall–Kier alpha value is -3.32. The Kier molecular flexibility index (Phi) is 5.18. The lowest BCUT2D eigenvalue weighted by Crippen LogP contribution is -2.20. The van der Waals surface area contributed by atoms with Gasteiger partial charge in [0.2, 0.25) is 5.91 Å². The van der Waals surface area contributed by atoms with Crippen LogP contribution in [0.3, 0.4) is 0 Å². The normalized spacial score (nSPS) is 10.0. The highest BCUT2D eigenvalue weighted by molar-refractivity contribution is 5.73. The Morgan fingerprint density at radius 1 is 1.21 bits per heavy atom. The maximum Gasteiger partial charge on any atom is 0.239 e. The van der Waals surface area contributed by atoms with Crippen LogP contribution in [0.4, 0.5) is 0 Å². The summed E-state index contributed by atoms with van der Waals surface area (Å²) >= 11 is 0. The second-order valence-corrected chi connectivity index (χ2v) is 5.13. The number of aromatic nitrogens is 2. The summed E-state index contributed by atoms with van der Waals surface area (Å²) in [7, 11) is 0. The average molecular weight is 323 g/mol. The fourth-order valence-electron chi connectivity index (χ4n) is 2.41. The minimum atomic E-state index is -0.486. The third-order valence-electron chi connectivity index (χ3n) is 3.44. The third-order valence-corrected chi connectivity index (χ3v) is 3.44. The van der Waals surface area contributed by atoms with Gasteiger partial charge in [-0.15, -0.1) is 0 Å². The summed E-state index contributed by atoms with van der Waals surface area (Å²) in [6, 6.07) is 8.62. The number of nitrogens with zero attached hydrogens (tertiary/aromatic N) is 4. The van der Waals surface area contributed by atoms with Crippen LogP contribution < -0.4 is 10.5 Å². The molecule has 0 aliphatic heterocycles. The fraction of sp³-hybridized carbons (Fsp3) is 0.294. The maximum atomic E-state index is 11.2. The van der Waals surface area contributed by atoms with Crippen molar-refractivity contribution in [1.29, 1.82) is 10.5 Å². The summed E-state index contributed by atoms with van der Waals surface area (Å²) < 4.78 is 7.47. The minimum absolute atomic E-state index is 0.0266. The van der Waals surface area contributed by atoms with Gasteiger partial charge in [0.15, 0.2) is 5.75 Å². The Balaban J connectivity index is 2.49. The highest BCUT2D eigenvalue weighted by atomic mass is 16.5. The maximum absolute atomic E-state index is 11.2. The first-order valence-corrected chi connectivity index (χ1v) is 7.52. The molecule has 0 atom stereocenters. The number of hydrogen-bond donors (Lipinski definition) is 1. The van der Waals surface area contributed by atoms with Gasteiger partial charge in [-0.05, 0) is 31.0 Å². The van der Waals surface area contributed by atoms with Gasteiger partial charge in [0.05, 0.1) is 29.0 Å². The molecule has 0 aliphatic rings.